The number of allylic oxidation sites excluding steroid dienone is 5. The molecule has 0 saturated heterocycles. The van der Waals surface area contributed by atoms with E-state index in [1.807, 2.05) is 13.0 Å². The van der Waals surface area contributed by atoms with Crippen molar-refractivity contribution in [2.24, 2.45) is 11.3 Å². The Morgan fingerprint density at radius 3 is 2.76 bits per heavy atom. The van der Waals surface area contributed by atoms with Crippen molar-refractivity contribution in [2.45, 2.75) is 59.3 Å². The van der Waals surface area contributed by atoms with Crippen LogP contribution in [-0.4, -0.2) is 21.8 Å². The fourth-order valence-corrected chi connectivity index (χ4v) is 3.72. The summed E-state index contributed by atoms with van der Waals surface area (Å²) in [5.41, 5.74) is 2.54. The third-order valence-electron chi connectivity index (χ3n) is 5.76. The maximum absolute atomic E-state index is 11.9. The molecule has 25 heavy (non-hydrogen) atoms. The predicted molar refractivity (Wildman–Crippen MR) is 98.3 cm³/mol. The fourth-order valence-electron chi connectivity index (χ4n) is 3.72. The molecule has 2 atom stereocenters. The van der Waals surface area contributed by atoms with E-state index in [1.165, 1.54) is 18.4 Å². The quantitative estimate of drug-likeness (QED) is 0.550. The Morgan fingerprint density at radius 2 is 2.08 bits per heavy atom. The highest BCUT2D eigenvalue weighted by Gasteiger charge is 2.33. The van der Waals surface area contributed by atoms with Crippen molar-refractivity contribution in [3.63, 3.8) is 0 Å². The zero-order valence-electron chi connectivity index (χ0n) is 15.4. The SMILES string of the molecule is C=C1[C@H](C)CCC[C@]1(C)CC/C(C)=C/CC1=C(O)C(=O)C=C(O)C1=O. The van der Waals surface area contributed by atoms with Crippen molar-refractivity contribution in [2.75, 3.05) is 0 Å². The van der Waals surface area contributed by atoms with Crippen LogP contribution in [0.2, 0.25) is 0 Å². The number of hydrogen-bond acceptors (Lipinski definition) is 4. The van der Waals surface area contributed by atoms with Crippen LogP contribution in [0.4, 0.5) is 0 Å². The van der Waals surface area contributed by atoms with Gasteiger partial charge in [0.25, 0.3) is 0 Å². The second kappa shape index (κ2) is 7.42. The minimum atomic E-state index is -0.724. The Kier molecular flexibility index (Phi) is 5.71. The second-order valence-corrected chi connectivity index (χ2v) is 7.68. The Labute approximate surface area is 149 Å². The van der Waals surface area contributed by atoms with E-state index >= 15 is 0 Å². The first-order valence-electron chi connectivity index (χ1n) is 8.92. The zero-order chi connectivity index (χ0) is 18.8. The number of rotatable bonds is 5. The number of carbonyl (C=O) groups is 2. The predicted octanol–water partition coefficient (Wildman–Crippen LogP) is 4.89. The number of hydrogen-bond donors (Lipinski definition) is 2. The van der Waals surface area contributed by atoms with Crippen LogP contribution in [0, 0.1) is 11.3 Å². The maximum Gasteiger partial charge on any atom is 0.227 e. The van der Waals surface area contributed by atoms with Crippen molar-refractivity contribution in [3.05, 3.63) is 47.0 Å². The van der Waals surface area contributed by atoms with Gasteiger partial charge in [0.15, 0.2) is 11.5 Å². The fraction of sp³-hybridized carbons (Fsp3) is 0.524. The smallest absolute Gasteiger partial charge is 0.227 e. The zero-order valence-corrected chi connectivity index (χ0v) is 15.4. The van der Waals surface area contributed by atoms with Gasteiger partial charge in [0.1, 0.15) is 0 Å². The molecule has 4 heteroatoms. The highest BCUT2D eigenvalue weighted by molar-refractivity contribution is 6.20. The number of carbonyl (C=O) groups excluding carboxylic acids is 2. The van der Waals surface area contributed by atoms with Gasteiger partial charge in [-0.05, 0) is 50.4 Å². The maximum atomic E-state index is 11.9. The number of ketones is 2. The van der Waals surface area contributed by atoms with Crippen molar-refractivity contribution >= 4 is 11.6 Å². The van der Waals surface area contributed by atoms with Crippen LogP contribution in [0.5, 0.6) is 0 Å². The van der Waals surface area contributed by atoms with Crippen LogP contribution in [0.15, 0.2) is 47.0 Å². The summed E-state index contributed by atoms with van der Waals surface area (Å²) in [5, 5.41) is 19.3. The molecule has 0 radical (unpaired) electrons. The molecule has 0 bridgehead atoms. The molecule has 0 aliphatic heterocycles. The topological polar surface area (TPSA) is 74.6 Å². The molecule has 2 aliphatic rings. The van der Waals surface area contributed by atoms with Gasteiger partial charge in [-0.1, -0.05) is 44.1 Å². The summed E-state index contributed by atoms with van der Waals surface area (Å²) in [6, 6.07) is 0. The molecule has 0 aromatic heterocycles. The summed E-state index contributed by atoms with van der Waals surface area (Å²) in [5.74, 6) is -2.01. The molecular weight excluding hydrogens is 316 g/mol. The number of aliphatic hydroxyl groups excluding tert-OH is 2. The average molecular weight is 344 g/mol. The summed E-state index contributed by atoms with van der Waals surface area (Å²) in [7, 11) is 0. The molecule has 0 spiro atoms. The lowest BCUT2D eigenvalue weighted by molar-refractivity contribution is -0.119. The molecule has 0 aromatic rings. The third kappa shape index (κ3) is 4.12. The average Bonchev–Trinajstić information content (AvgIpc) is 2.56. The first-order valence-corrected chi connectivity index (χ1v) is 8.92. The molecule has 0 heterocycles. The van der Waals surface area contributed by atoms with Crippen molar-refractivity contribution in [1.82, 2.24) is 0 Å². The third-order valence-corrected chi connectivity index (χ3v) is 5.76. The molecule has 136 valence electrons. The van der Waals surface area contributed by atoms with Gasteiger partial charge in [-0.3, -0.25) is 9.59 Å². The Hall–Kier alpha value is -2.10. The van der Waals surface area contributed by atoms with Gasteiger partial charge in [0.05, 0.1) is 5.57 Å². The van der Waals surface area contributed by atoms with Gasteiger partial charge >= 0.3 is 0 Å². The lowest BCUT2D eigenvalue weighted by Gasteiger charge is -2.40. The molecule has 0 amide bonds. The molecule has 0 aromatic carbocycles. The van der Waals surface area contributed by atoms with Gasteiger partial charge in [0, 0.05) is 6.08 Å². The molecule has 0 unspecified atom stereocenters. The first-order chi connectivity index (χ1) is 11.7. The highest BCUT2D eigenvalue weighted by Crippen LogP contribution is 2.46. The Bertz CT molecular complexity index is 693. The number of aliphatic hydroxyl groups is 2. The molecule has 2 rings (SSSR count). The molecule has 2 N–H and O–H groups in total. The van der Waals surface area contributed by atoms with Gasteiger partial charge in [0.2, 0.25) is 11.6 Å². The molecule has 1 fully saturated rings. The van der Waals surface area contributed by atoms with Crippen molar-refractivity contribution < 1.29 is 19.8 Å². The van der Waals surface area contributed by atoms with E-state index in [9.17, 15) is 19.8 Å². The van der Waals surface area contributed by atoms with E-state index in [-0.39, 0.29) is 17.4 Å². The highest BCUT2D eigenvalue weighted by atomic mass is 16.3. The molecule has 1 saturated carbocycles. The molecule has 4 nitrogen and oxygen atoms in total. The number of Topliss-reactive ketones (excluding diaryl/α,β-unsaturated/α-hetero) is 1. The Balaban J connectivity index is 2.01. The second-order valence-electron chi connectivity index (χ2n) is 7.68. The van der Waals surface area contributed by atoms with Crippen LogP contribution in [-0.2, 0) is 9.59 Å². The first kappa shape index (κ1) is 19.2. The van der Waals surface area contributed by atoms with Gasteiger partial charge < -0.3 is 10.2 Å². The molecular formula is C21H28O4. The lowest BCUT2D eigenvalue weighted by Crippen LogP contribution is -2.27. The van der Waals surface area contributed by atoms with E-state index in [0.29, 0.717) is 5.92 Å². The standard InChI is InChI=1S/C21H28O4/c1-13(9-11-21(4)10-5-6-14(2)15(21)3)7-8-16-19(24)17(22)12-18(23)20(16)25/h7,12,14,22,25H,3,5-6,8-11H2,1-2,4H3/b13-7+/t14-,21-/m1/s1. The summed E-state index contributed by atoms with van der Waals surface area (Å²) < 4.78 is 0. The van der Waals surface area contributed by atoms with Crippen LogP contribution in [0.3, 0.4) is 0 Å². The summed E-state index contributed by atoms with van der Waals surface area (Å²) in [6.07, 6.45) is 8.23. The molecule has 2 aliphatic carbocycles. The van der Waals surface area contributed by atoms with E-state index in [1.54, 1.807) is 0 Å². The van der Waals surface area contributed by atoms with Crippen molar-refractivity contribution in [1.29, 1.82) is 0 Å². The van der Waals surface area contributed by atoms with E-state index < -0.39 is 23.1 Å². The summed E-state index contributed by atoms with van der Waals surface area (Å²) >= 11 is 0. The minimum absolute atomic E-state index is 0.0359. The van der Waals surface area contributed by atoms with Crippen LogP contribution < -0.4 is 0 Å². The van der Waals surface area contributed by atoms with E-state index in [4.69, 9.17) is 0 Å². The Morgan fingerprint density at radius 1 is 1.40 bits per heavy atom. The lowest BCUT2D eigenvalue weighted by atomic mass is 9.65. The van der Waals surface area contributed by atoms with Crippen molar-refractivity contribution in [3.8, 4) is 0 Å². The summed E-state index contributed by atoms with van der Waals surface area (Å²) in [4.78, 5) is 23.4. The normalized spacial score (nSPS) is 28.4. The van der Waals surface area contributed by atoms with Crippen LogP contribution in [0.25, 0.3) is 0 Å². The monoisotopic (exact) mass is 344 g/mol. The van der Waals surface area contributed by atoms with Gasteiger partial charge in [-0.2, -0.15) is 0 Å². The van der Waals surface area contributed by atoms with E-state index in [2.05, 4.69) is 20.4 Å². The van der Waals surface area contributed by atoms with Gasteiger partial charge in [-0.15, -0.1) is 0 Å². The largest absolute Gasteiger partial charge is 0.504 e. The summed E-state index contributed by atoms with van der Waals surface area (Å²) in [6.45, 7) is 10.8. The van der Waals surface area contributed by atoms with Gasteiger partial charge in [-0.25, -0.2) is 0 Å². The minimum Gasteiger partial charge on any atom is -0.504 e. The van der Waals surface area contributed by atoms with E-state index in [0.717, 1.165) is 30.9 Å². The van der Waals surface area contributed by atoms with Crippen LogP contribution in [0.1, 0.15) is 59.3 Å². The van der Waals surface area contributed by atoms with Crippen LogP contribution >= 0.6 is 0 Å².